The van der Waals surface area contributed by atoms with E-state index >= 15 is 0 Å². The third-order valence-corrected chi connectivity index (χ3v) is 4.51. The highest BCUT2D eigenvalue weighted by molar-refractivity contribution is 7.99. The van der Waals surface area contributed by atoms with Gasteiger partial charge in [0.05, 0.1) is 12.7 Å². The van der Waals surface area contributed by atoms with Crippen LogP contribution < -0.4 is 5.32 Å². The van der Waals surface area contributed by atoms with Gasteiger partial charge in [0.1, 0.15) is 5.00 Å². The van der Waals surface area contributed by atoms with Gasteiger partial charge in [0.2, 0.25) is 5.91 Å². The predicted octanol–water partition coefficient (Wildman–Crippen LogP) is 3.66. The maximum atomic E-state index is 11.9. The fraction of sp³-hybridized carbons (Fsp3) is 0.200. The first kappa shape index (κ1) is 15.6. The molecule has 0 fully saturated rings. The van der Waals surface area contributed by atoms with Gasteiger partial charge < -0.3 is 10.1 Å². The number of methoxy groups -OCH3 is 1. The molecule has 0 atom stereocenters. The second kappa shape index (κ2) is 7.85. The highest BCUT2D eigenvalue weighted by Gasteiger charge is 2.15. The predicted molar refractivity (Wildman–Crippen MR) is 86.1 cm³/mol. The molecule has 110 valence electrons. The summed E-state index contributed by atoms with van der Waals surface area (Å²) in [5.74, 6) is 0.144. The zero-order chi connectivity index (χ0) is 15.1. The first-order valence-corrected chi connectivity index (χ1v) is 8.20. The number of thioether (sulfide) groups is 1. The van der Waals surface area contributed by atoms with Crippen LogP contribution in [0, 0.1) is 0 Å². The number of amides is 1. The molecule has 1 aromatic carbocycles. The van der Waals surface area contributed by atoms with Crippen LogP contribution in [0.4, 0.5) is 5.00 Å². The molecular formula is C15H15NO3S2. The standard InChI is InChI=1S/C15H15NO3S2/c1-19-15(18)12-7-9-21-14(12)16-13(17)8-10-20-11-5-3-2-4-6-11/h2-7,9H,8,10H2,1H3,(H,16,17). The van der Waals surface area contributed by atoms with E-state index in [1.807, 2.05) is 30.3 Å². The van der Waals surface area contributed by atoms with Crippen LogP contribution in [0.2, 0.25) is 0 Å². The van der Waals surface area contributed by atoms with Crippen molar-refractivity contribution >= 4 is 40.0 Å². The first-order valence-electron chi connectivity index (χ1n) is 6.34. The van der Waals surface area contributed by atoms with E-state index in [1.54, 1.807) is 23.2 Å². The molecule has 0 saturated heterocycles. The molecule has 1 aromatic heterocycles. The third kappa shape index (κ3) is 4.61. The van der Waals surface area contributed by atoms with Crippen molar-refractivity contribution in [2.45, 2.75) is 11.3 Å². The van der Waals surface area contributed by atoms with Crippen molar-refractivity contribution in [1.82, 2.24) is 0 Å². The van der Waals surface area contributed by atoms with E-state index in [1.165, 1.54) is 18.4 Å². The Kier molecular flexibility index (Phi) is 5.83. The fourth-order valence-corrected chi connectivity index (χ4v) is 3.31. The number of rotatable bonds is 6. The number of esters is 1. The average Bonchev–Trinajstić information content (AvgIpc) is 2.95. The number of ether oxygens (including phenoxy) is 1. The van der Waals surface area contributed by atoms with Crippen molar-refractivity contribution in [3.05, 3.63) is 47.3 Å². The number of hydrogen-bond donors (Lipinski definition) is 1. The Morgan fingerprint density at radius 1 is 1.24 bits per heavy atom. The molecule has 6 heteroatoms. The summed E-state index contributed by atoms with van der Waals surface area (Å²) in [6.07, 6.45) is 0.387. The second-order valence-electron chi connectivity index (χ2n) is 4.11. The van der Waals surface area contributed by atoms with Gasteiger partial charge in [-0.3, -0.25) is 4.79 Å². The van der Waals surface area contributed by atoms with Gasteiger partial charge in [-0.05, 0) is 23.6 Å². The summed E-state index contributed by atoms with van der Waals surface area (Å²) in [6.45, 7) is 0. The number of carbonyl (C=O) groups is 2. The van der Waals surface area contributed by atoms with Gasteiger partial charge in [-0.25, -0.2) is 4.79 Å². The smallest absolute Gasteiger partial charge is 0.340 e. The van der Waals surface area contributed by atoms with Crippen molar-refractivity contribution in [2.75, 3.05) is 18.2 Å². The Labute approximate surface area is 131 Å². The van der Waals surface area contributed by atoms with E-state index in [0.29, 0.717) is 22.7 Å². The summed E-state index contributed by atoms with van der Waals surface area (Å²) < 4.78 is 4.67. The van der Waals surface area contributed by atoms with Gasteiger partial charge in [0.15, 0.2) is 0 Å². The molecule has 0 spiro atoms. The molecule has 2 rings (SSSR count). The molecule has 4 nitrogen and oxygen atoms in total. The van der Waals surface area contributed by atoms with E-state index in [2.05, 4.69) is 10.1 Å². The van der Waals surface area contributed by atoms with Crippen LogP contribution in [0.3, 0.4) is 0 Å². The zero-order valence-corrected chi connectivity index (χ0v) is 13.1. The molecule has 2 aromatic rings. The van der Waals surface area contributed by atoms with Crippen molar-refractivity contribution in [3.63, 3.8) is 0 Å². The quantitative estimate of drug-likeness (QED) is 0.652. The van der Waals surface area contributed by atoms with Gasteiger partial charge in [0.25, 0.3) is 0 Å². The van der Waals surface area contributed by atoms with Crippen molar-refractivity contribution in [2.24, 2.45) is 0 Å². The summed E-state index contributed by atoms with van der Waals surface area (Å²) in [5, 5.41) is 5.05. The summed E-state index contributed by atoms with van der Waals surface area (Å²) in [7, 11) is 1.32. The molecule has 0 aliphatic heterocycles. The lowest BCUT2D eigenvalue weighted by atomic mass is 10.3. The second-order valence-corrected chi connectivity index (χ2v) is 6.20. The summed E-state index contributed by atoms with van der Waals surface area (Å²) in [5.41, 5.74) is 0.395. The van der Waals surface area contributed by atoms with E-state index in [0.717, 1.165) is 4.90 Å². The number of nitrogens with one attached hydrogen (secondary N) is 1. The van der Waals surface area contributed by atoms with Gasteiger partial charge in [-0.15, -0.1) is 23.1 Å². The molecule has 1 amide bonds. The fourth-order valence-electron chi connectivity index (χ4n) is 1.64. The summed E-state index contributed by atoms with van der Waals surface area (Å²) in [4.78, 5) is 24.5. The van der Waals surface area contributed by atoms with E-state index in [4.69, 9.17) is 0 Å². The van der Waals surface area contributed by atoms with Crippen molar-refractivity contribution in [1.29, 1.82) is 0 Å². The van der Waals surface area contributed by atoms with E-state index < -0.39 is 5.97 Å². The Bertz CT molecular complexity index is 610. The third-order valence-electron chi connectivity index (χ3n) is 2.66. The molecule has 1 heterocycles. The van der Waals surface area contributed by atoms with Gasteiger partial charge in [-0.2, -0.15) is 0 Å². The van der Waals surface area contributed by atoms with E-state index in [9.17, 15) is 9.59 Å². The SMILES string of the molecule is COC(=O)c1ccsc1NC(=O)CCSc1ccccc1. The van der Waals surface area contributed by atoms with Crippen LogP contribution in [-0.4, -0.2) is 24.7 Å². The Morgan fingerprint density at radius 3 is 2.71 bits per heavy atom. The maximum Gasteiger partial charge on any atom is 0.340 e. The number of hydrogen-bond acceptors (Lipinski definition) is 5. The lowest BCUT2D eigenvalue weighted by Gasteiger charge is -2.05. The molecule has 0 radical (unpaired) electrons. The number of benzene rings is 1. The van der Waals surface area contributed by atoms with E-state index in [-0.39, 0.29) is 5.91 Å². The van der Waals surface area contributed by atoms with Crippen LogP contribution in [0.25, 0.3) is 0 Å². The highest BCUT2D eigenvalue weighted by Crippen LogP contribution is 2.24. The van der Waals surface area contributed by atoms with Crippen molar-refractivity contribution < 1.29 is 14.3 Å². The molecule has 0 aliphatic carbocycles. The van der Waals surface area contributed by atoms with Gasteiger partial charge >= 0.3 is 5.97 Å². The first-order chi connectivity index (χ1) is 10.2. The minimum Gasteiger partial charge on any atom is -0.465 e. The van der Waals surface area contributed by atoms with Crippen LogP contribution >= 0.6 is 23.1 Å². The monoisotopic (exact) mass is 321 g/mol. The molecule has 1 N–H and O–H groups in total. The largest absolute Gasteiger partial charge is 0.465 e. The Morgan fingerprint density at radius 2 is 2.00 bits per heavy atom. The van der Waals surface area contributed by atoms with Gasteiger partial charge in [-0.1, -0.05) is 18.2 Å². The lowest BCUT2D eigenvalue weighted by molar-refractivity contribution is -0.115. The minimum atomic E-state index is -0.440. The van der Waals surface area contributed by atoms with Crippen LogP contribution in [-0.2, 0) is 9.53 Å². The summed E-state index contributed by atoms with van der Waals surface area (Å²) >= 11 is 2.94. The van der Waals surface area contributed by atoms with Gasteiger partial charge in [0, 0.05) is 17.1 Å². The zero-order valence-electron chi connectivity index (χ0n) is 11.5. The highest BCUT2D eigenvalue weighted by atomic mass is 32.2. The van der Waals surface area contributed by atoms with Crippen molar-refractivity contribution in [3.8, 4) is 0 Å². The number of carbonyl (C=O) groups excluding carboxylic acids is 2. The number of thiophene rings is 1. The maximum absolute atomic E-state index is 11.9. The Balaban J connectivity index is 1.82. The topological polar surface area (TPSA) is 55.4 Å². The van der Waals surface area contributed by atoms with Crippen LogP contribution in [0.1, 0.15) is 16.8 Å². The Hall–Kier alpha value is -1.79. The normalized spacial score (nSPS) is 10.1. The molecule has 0 bridgehead atoms. The average molecular weight is 321 g/mol. The molecular weight excluding hydrogens is 306 g/mol. The molecule has 21 heavy (non-hydrogen) atoms. The summed E-state index contributed by atoms with van der Waals surface area (Å²) in [6, 6.07) is 11.6. The van der Waals surface area contributed by atoms with Crippen LogP contribution in [0.5, 0.6) is 0 Å². The minimum absolute atomic E-state index is 0.106. The lowest BCUT2D eigenvalue weighted by Crippen LogP contribution is -2.14. The molecule has 0 aliphatic rings. The molecule has 0 saturated carbocycles. The number of anilines is 1. The molecule has 0 unspecified atom stereocenters. The van der Waals surface area contributed by atoms with Crippen LogP contribution in [0.15, 0.2) is 46.7 Å².